The summed E-state index contributed by atoms with van der Waals surface area (Å²) in [5, 5.41) is 12.9. The predicted molar refractivity (Wildman–Crippen MR) is 112 cm³/mol. The summed E-state index contributed by atoms with van der Waals surface area (Å²) in [6.07, 6.45) is 0.882. The number of nitrogens with one attached hydrogen (secondary N) is 1. The fourth-order valence-corrected chi connectivity index (χ4v) is 3.51. The second-order valence-electron chi connectivity index (χ2n) is 8.92. The van der Waals surface area contributed by atoms with Gasteiger partial charge in [-0.1, -0.05) is 45.0 Å². The van der Waals surface area contributed by atoms with Gasteiger partial charge in [0.2, 0.25) is 11.8 Å². The summed E-state index contributed by atoms with van der Waals surface area (Å²) in [6.45, 7) is 7.94. The summed E-state index contributed by atoms with van der Waals surface area (Å²) in [5.41, 5.74) is 8.29. The number of β-amino-alcohol motifs (C(OH)–C–C–N with tert-alkyl or cyclic N) is 1. The Bertz CT molecular complexity index is 901. The van der Waals surface area contributed by atoms with Gasteiger partial charge in [0.25, 0.3) is 0 Å². The standard InChI is InChI=1S/C22H30N4O4/c1-13-18(30-12-25-13)15-7-5-14(6-8-15)10-24-20(28)17-9-16(27)11-26(17)21(29)19(23)22(2,3)4/h5-8,12,16-17,19,27H,9-11,23H2,1-4H3,(H,24,28)/t16-,17+,19?/m1/s1. The van der Waals surface area contributed by atoms with Gasteiger partial charge in [0.15, 0.2) is 12.2 Å². The molecule has 1 aromatic heterocycles. The van der Waals surface area contributed by atoms with Crippen LogP contribution in [-0.4, -0.2) is 51.5 Å². The molecule has 2 aromatic rings. The van der Waals surface area contributed by atoms with Crippen molar-refractivity contribution < 1.29 is 19.1 Å². The molecule has 0 aliphatic carbocycles. The van der Waals surface area contributed by atoms with Crippen LogP contribution in [-0.2, 0) is 16.1 Å². The Balaban J connectivity index is 1.63. The molecule has 1 saturated heterocycles. The van der Waals surface area contributed by atoms with Crippen molar-refractivity contribution in [1.82, 2.24) is 15.2 Å². The maximum Gasteiger partial charge on any atom is 0.243 e. The third-order valence-electron chi connectivity index (χ3n) is 5.49. The highest BCUT2D eigenvalue weighted by Crippen LogP contribution is 2.25. The number of rotatable bonds is 5. The van der Waals surface area contributed by atoms with E-state index in [1.807, 2.05) is 52.0 Å². The molecular weight excluding hydrogens is 384 g/mol. The Kier molecular flexibility index (Phi) is 6.28. The number of aliphatic hydroxyl groups is 1. The van der Waals surface area contributed by atoms with Gasteiger partial charge in [-0.2, -0.15) is 0 Å². The highest BCUT2D eigenvalue weighted by Gasteiger charge is 2.42. The molecular formula is C22H30N4O4. The number of amides is 2. The van der Waals surface area contributed by atoms with Gasteiger partial charge in [0, 0.05) is 25.1 Å². The van der Waals surface area contributed by atoms with Crippen molar-refractivity contribution in [3.8, 4) is 11.3 Å². The van der Waals surface area contributed by atoms with E-state index < -0.39 is 23.6 Å². The van der Waals surface area contributed by atoms with Crippen LogP contribution in [0.5, 0.6) is 0 Å². The second kappa shape index (κ2) is 8.57. The molecule has 1 aliphatic heterocycles. The molecule has 0 spiro atoms. The van der Waals surface area contributed by atoms with E-state index in [9.17, 15) is 14.7 Å². The average molecular weight is 415 g/mol. The van der Waals surface area contributed by atoms with E-state index >= 15 is 0 Å². The number of carbonyl (C=O) groups is 2. The van der Waals surface area contributed by atoms with E-state index in [-0.39, 0.29) is 24.8 Å². The van der Waals surface area contributed by atoms with E-state index in [0.717, 1.165) is 22.6 Å². The maximum atomic E-state index is 12.8. The molecule has 1 unspecified atom stereocenters. The third kappa shape index (κ3) is 4.71. The molecule has 2 amide bonds. The van der Waals surface area contributed by atoms with Crippen LogP contribution in [0.2, 0.25) is 0 Å². The van der Waals surface area contributed by atoms with E-state index in [1.165, 1.54) is 11.3 Å². The number of nitrogens with two attached hydrogens (primary N) is 1. The van der Waals surface area contributed by atoms with Crippen LogP contribution in [0, 0.1) is 12.3 Å². The summed E-state index contributed by atoms with van der Waals surface area (Å²) in [7, 11) is 0. The van der Waals surface area contributed by atoms with E-state index in [2.05, 4.69) is 10.3 Å². The first-order valence-electron chi connectivity index (χ1n) is 10.1. The zero-order valence-corrected chi connectivity index (χ0v) is 17.9. The Labute approximate surface area is 176 Å². The van der Waals surface area contributed by atoms with E-state index in [4.69, 9.17) is 10.2 Å². The second-order valence-corrected chi connectivity index (χ2v) is 8.92. The molecule has 0 saturated carbocycles. The number of aliphatic hydroxyl groups excluding tert-OH is 1. The van der Waals surface area contributed by atoms with Crippen LogP contribution in [0.15, 0.2) is 35.1 Å². The maximum absolute atomic E-state index is 12.8. The lowest BCUT2D eigenvalue weighted by atomic mass is 9.86. The molecule has 4 N–H and O–H groups in total. The number of aryl methyl sites for hydroxylation is 1. The molecule has 1 fully saturated rings. The summed E-state index contributed by atoms with van der Waals surface area (Å²) in [6, 6.07) is 6.15. The lowest BCUT2D eigenvalue weighted by Gasteiger charge is -2.32. The van der Waals surface area contributed by atoms with Crippen LogP contribution < -0.4 is 11.1 Å². The van der Waals surface area contributed by atoms with Gasteiger partial charge in [0.05, 0.1) is 17.8 Å². The molecule has 2 heterocycles. The highest BCUT2D eigenvalue weighted by molar-refractivity contribution is 5.90. The van der Waals surface area contributed by atoms with Crippen molar-refractivity contribution in [2.24, 2.45) is 11.1 Å². The van der Waals surface area contributed by atoms with Gasteiger partial charge in [-0.3, -0.25) is 9.59 Å². The van der Waals surface area contributed by atoms with Crippen LogP contribution in [0.25, 0.3) is 11.3 Å². The molecule has 162 valence electrons. The number of aromatic nitrogens is 1. The largest absolute Gasteiger partial charge is 0.443 e. The van der Waals surface area contributed by atoms with Gasteiger partial charge in [0.1, 0.15) is 6.04 Å². The first-order valence-corrected chi connectivity index (χ1v) is 10.1. The third-order valence-corrected chi connectivity index (χ3v) is 5.49. The Morgan fingerprint density at radius 1 is 1.33 bits per heavy atom. The van der Waals surface area contributed by atoms with E-state index in [1.54, 1.807) is 0 Å². The zero-order valence-electron chi connectivity index (χ0n) is 17.9. The molecule has 8 nitrogen and oxygen atoms in total. The Morgan fingerprint density at radius 3 is 2.57 bits per heavy atom. The molecule has 1 aliphatic rings. The smallest absolute Gasteiger partial charge is 0.243 e. The van der Waals surface area contributed by atoms with Gasteiger partial charge in [-0.15, -0.1) is 0 Å². The summed E-state index contributed by atoms with van der Waals surface area (Å²) >= 11 is 0. The quantitative estimate of drug-likeness (QED) is 0.683. The number of hydrogen-bond acceptors (Lipinski definition) is 6. The summed E-state index contributed by atoms with van der Waals surface area (Å²) in [4.78, 5) is 31.1. The monoisotopic (exact) mass is 414 g/mol. The summed E-state index contributed by atoms with van der Waals surface area (Å²) < 4.78 is 5.39. The lowest BCUT2D eigenvalue weighted by molar-refractivity contribution is -0.141. The average Bonchev–Trinajstić information content (AvgIpc) is 3.30. The van der Waals surface area contributed by atoms with Crippen molar-refractivity contribution in [1.29, 1.82) is 0 Å². The normalized spacial score (nSPS) is 20.3. The van der Waals surface area contributed by atoms with Crippen LogP contribution in [0.4, 0.5) is 0 Å². The van der Waals surface area contributed by atoms with Gasteiger partial charge in [-0.05, 0) is 17.9 Å². The Hall–Kier alpha value is -2.71. The SMILES string of the molecule is Cc1ncoc1-c1ccc(CNC(=O)[C@@H]2C[C@@H](O)CN2C(=O)C(N)C(C)(C)C)cc1. The molecule has 1 aromatic carbocycles. The molecule has 3 rings (SSSR count). The van der Waals surface area contributed by atoms with Crippen molar-refractivity contribution >= 4 is 11.8 Å². The lowest BCUT2D eigenvalue weighted by Crippen LogP contribution is -2.54. The molecule has 0 bridgehead atoms. The first-order chi connectivity index (χ1) is 14.1. The van der Waals surface area contributed by atoms with Crippen molar-refractivity contribution in [3.05, 3.63) is 41.9 Å². The topological polar surface area (TPSA) is 122 Å². The van der Waals surface area contributed by atoms with Gasteiger partial charge < -0.3 is 25.5 Å². The number of hydrogen-bond donors (Lipinski definition) is 3. The van der Waals surface area contributed by atoms with Crippen molar-refractivity contribution in [2.75, 3.05) is 6.54 Å². The fraction of sp³-hybridized carbons (Fsp3) is 0.500. The van der Waals surface area contributed by atoms with Crippen LogP contribution >= 0.6 is 0 Å². The zero-order chi connectivity index (χ0) is 22.1. The minimum atomic E-state index is -0.745. The van der Waals surface area contributed by atoms with Gasteiger partial charge >= 0.3 is 0 Å². The van der Waals surface area contributed by atoms with Gasteiger partial charge in [-0.25, -0.2) is 4.98 Å². The van der Waals surface area contributed by atoms with E-state index in [0.29, 0.717) is 6.54 Å². The molecule has 8 heteroatoms. The number of benzene rings is 1. The van der Waals surface area contributed by atoms with Crippen LogP contribution in [0.3, 0.4) is 0 Å². The minimum absolute atomic E-state index is 0.117. The number of carbonyl (C=O) groups excluding carboxylic acids is 2. The van der Waals surface area contributed by atoms with Crippen LogP contribution in [0.1, 0.15) is 38.4 Å². The van der Waals surface area contributed by atoms with Crippen molar-refractivity contribution in [2.45, 2.75) is 58.8 Å². The highest BCUT2D eigenvalue weighted by atomic mass is 16.3. The molecule has 30 heavy (non-hydrogen) atoms. The molecule has 0 radical (unpaired) electrons. The fourth-order valence-electron chi connectivity index (χ4n) is 3.51. The van der Waals surface area contributed by atoms with Crippen molar-refractivity contribution in [3.63, 3.8) is 0 Å². The Morgan fingerprint density at radius 2 is 2.00 bits per heavy atom. The molecule has 3 atom stereocenters. The summed E-state index contributed by atoms with van der Waals surface area (Å²) in [5.74, 6) is 0.108. The number of likely N-dealkylation sites (tertiary alicyclic amines) is 1. The number of nitrogens with zero attached hydrogens (tertiary/aromatic N) is 2. The number of oxazole rings is 1. The first kappa shape index (κ1) is 22.0. The minimum Gasteiger partial charge on any atom is -0.443 e. The predicted octanol–water partition coefficient (Wildman–Crippen LogP) is 1.60.